The smallest absolute Gasteiger partial charge is 0.240 e. The van der Waals surface area contributed by atoms with Crippen molar-refractivity contribution in [3.05, 3.63) is 29.8 Å². The summed E-state index contributed by atoms with van der Waals surface area (Å²) in [7, 11) is 0. The van der Waals surface area contributed by atoms with Crippen molar-refractivity contribution in [3.8, 4) is 0 Å². The van der Waals surface area contributed by atoms with Crippen LogP contribution in [-0.4, -0.2) is 19.1 Å². The zero-order chi connectivity index (χ0) is 12.7. The van der Waals surface area contributed by atoms with Crippen LogP contribution in [0.3, 0.4) is 0 Å². The summed E-state index contributed by atoms with van der Waals surface area (Å²) >= 11 is 0. The summed E-state index contributed by atoms with van der Waals surface area (Å²) in [5, 5.41) is 2.78. The third kappa shape index (κ3) is 6.04. The Hall–Kier alpha value is -1.39. The van der Waals surface area contributed by atoms with Gasteiger partial charge in [-0.15, -0.1) is 0 Å². The number of hydroxylamine groups is 1. The summed E-state index contributed by atoms with van der Waals surface area (Å²) < 4.78 is 0. The molecule has 0 bridgehead atoms. The molecule has 1 aromatic carbocycles. The maximum Gasteiger partial charge on any atom is 0.240 e. The minimum atomic E-state index is -0.113. The molecule has 0 atom stereocenters. The molecule has 1 aromatic rings. The Morgan fingerprint density at radius 1 is 1.29 bits per heavy atom. The second-order valence-corrected chi connectivity index (χ2v) is 4.44. The van der Waals surface area contributed by atoms with Crippen molar-refractivity contribution in [1.29, 1.82) is 0 Å². The van der Waals surface area contributed by atoms with E-state index < -0.39 is 0 Å². The Bertz CT molecular complexity index is 347. The summed E-state index contributed by atoms with van der Waals surface area (Å²) in [6, 6.07) is 7.67. The number of amides is 1. The Morgan fingerprint density at radius 2 is 1.94 bits per heavy atom. The van der Waals surface area contributed by atoms with E-state index in [1.165, 1.54) is 5.56 Å². The molecule has 0 aromatic heterocycles. The zero-order valence-corrected chi connectivity index (χ0v) is 10.6. The topological polar surface area (TPSA) is 50.4 Å². The number of nitrogens with one attached hydrogen (secondary N) is 2. The maximum atomic E-state index is 11.5. The van der Waals surface area contributed by atoms with Gasteiger partial charge in [-0.1, -0.05) is 31.5 Å². The van der Waals surface area contributed by atoms with Gasteiger partial charge >= 0.3 is 0 Å². The average Bonchev–Trinajstić information content (AvgIpc) is 2.27. The lowest BCUT2D eigenvalue weighted by Gasteiger charge is -2.08. The van der Waals surface area contributed by atoms with Crippen molar-refractivity contribution in [1.82, 2.24) is 5.48 Å². The zero-order valence-electron chi connectivity index (χ0n) is 10.6. The van der Waals surface area contributed by atoms with Gasteiger partial charge in [-0.05, 0) is 25.0 Å². The monoisotopic (exact) mass is 236 g/mol. The summed E-state index contributed by atoms with van der Waals surface area (Å²) in [6.45, 7) is 6.85. The van der Waals surface area contributed by atoms with Gasteiger partial charge in [-0.2, -0.15) is 5.48 Å². The van der Waals surface area contributed by atoms with Gasteiger partial charge in [0.25, 0.3) is 0 Å². The molecular formula is C13H20N2O2. The van der Waals surface area contributed by atoms with E-state index in [9.17, 15) is 4.79 Å². The first-order chi connectivity index (χ1) is 8.08. The Labute approximate surface area is 102 Å². The quantitative estimate of drug-likeness (QED) is 0.587. The Kier molecular flexibility index (Phi) is 5.66. The summed E-state index contributed by atoms with van der Waals surface area (Å²) in [5.74, 6) is 0.334. The molecule has 0 aliphatic carbocycles. The highest BCUT2D eigenvalue weighted by Crippen LogP contribution is 2.07. The van der Waals surface area contributed by atoms with E-state index in [4.69, 9.17) is 4.84 Å². The third-order valence-corrected chi connectivity index (χ3v) is 2.09. The van der Waals surface area contributed by atoms with Gasteiger partial charge in [0.1, 0.15) is 6.54 Å². The van der Waals surface area contributed by atoms with E-state index in [0.717, 1.165) is 5.69 Å². The van der Waals surface area contributed by atoms with Gasteiger partial charge in [0.15, 0.2) is 0 Å². The van der Waals surface area contributed by atoms with Crippen LogP contribution >= 0.6 is 0 Å². The number of carbonyl (C=O) groups is 1. The fourth-order valence-corrected chi connectivity index (χ4v) is 1.18. The van der Waals surface area contributed by atoms with Crippen molar-refractivity contribution < 1.29 is 9.63 Å². The summed E-state index contributed by atoms with van der Waals surface area (Å²) in [5.41, 5.74) is 4.60. The van der Waals surface area contributed by atoms with Crippen LogP contribution in [0.5, 0.6) is 0 Å². The molecule has 2 N–H and O–H groups in total. The molecule has 0 unspecified atom stereocenters. The molecular weight excluding hydrogens is 216 g/mol. The highest BCUT2D eigenvalue weighted by molar-refractivity contribution is 5.92. The molecule has 0 aliphatic heterocycles. The largest absolute Gasteiger partial charge is 0.325 e. The molecule has 0 heterocycles. The van der Waals surface area contributed by atoms with E-state index in [-0.39, 0.29) is 12.5 Å². The lowest BCUT2D eigenvalue weighted by molar-refractivity contribution is -0.118. The maximum absolute atomic E-state index is 11.5. The number of anilines is 1. The predicted octanol–water partition coefficient (Wildman–Crippen LogP) is 2.11. The fraction of sp³-hybridized carbons (Fsp3) is 0.462. The molecule has 0 saturated heterocycles. The average molecular weight is 236 g/mol. The summed E-state index contributed by atoms with van der Waals surface area (Å²) in [6.07, 6.45) is 0. The Balaban J connectivity index is 2.23. The van der Waals surface area contributed by atoms with Gasteiger partial charge in [0.05, 0.1) is 6.61 Å². The van der Waals surface area contributed by atoms with Crippen molar-refractivity contribution in [3.63, 3.8) is 0 Å². The SMILES string of the molecule is Cc1ccc(NC(=O)CNOCC(C)C)cc1. The number of rotatable bonds is 6. The van der Waals surface area contributed by atoms with Crippen molar-refractivity contribution in [2.75, 3.05) is 18.5 Å². The summed E-state index contributed by atoms with van der Waals surface area (Å²) in [4.78, 5) is 16.6. The number of carbonyl (C=O) groups excluding carboxylic acids is 1. The van der Waals surface area contributed by atoms with Crippen LogP contribution in [0.2, 0.25) is 0 Å². The standard InChI is InChI=1S/C13H20N2O2/c1-10(2)9-17-14-8-13(16)15-12-6-4-11(3)5-7-12/h4-7,10,14H,8-9H2,1-3H3,(H,15,16). The van der Waals surface area contributed by atoms with Crippen molar-refractivity contribution in [2.24, 2.45) is 5.92 Å². The molecule has 0 saturated carbocycles. The van der Waals surface area contributed by atoms with Crippen molar-refractivity contribution in [2.45, 2.75) is 20.8 Å². The molecule has 0 radical (unpaired) electrons. The van der Waals surface area contributed by atoms with Crippen LogP contribution < -0.4 is 10.8 Å². The molecule has 0 spiro atoms. The van der Waals surface area contributed by atoms with E-state index in [1.807, 2.05) is 45.0 Å². The van der Waals surface area contributed by atoms with Gasteiger partial charge in [-0.25, -0.2) is 0 Å². The van der Waals surface area contributed by atoms with Gasteiger partial charge in [0.2, 0.25) is 5.91 Å². The van der Waals surface area contributed by atoms with Crippen LogP contribution in [0.15, 0.2) is 24.3 Å². The van der Waals surface area contributed by atoms with E-state index >= 15 is 0 Å². The molecule has 1 amide bonds. The first-order valence-corrected chi connectivity index (χ1v) is 5.79. The normalized spacial score (nSPS) is 10.6. The van der Waals surface area contributed by atoms with Crippen LogP contribution in [-0.2, 0) is 9.63 Å². The lowest BCUT2D eigenvalue weighted by Crippen LogP contribution is -2.29. The number of hydrogen-bond acceptors (Lipinski definition) is 3. The Morgan fingerprint density at radius 3 is 2.53 bits per heavy atom. The van der Waals surface area contributed by atoms with Crippen LogP contribution in [0.1, 0.15) is 19.4 Å². The van der Waals surface area contributed by atoms with Crippen molar-refractivity contribution >= 4 is 11.6 Å². The molecule has 94 valence electrons. The number of benzene rings is 1. The minimum Gasteiger partial charge on any atom is -0.325 e. The number of aryl methyl sites for hydroxylation is 1. The second-order valence-electron chi connectivity index (χ2n) is 4.44. The van der Waals surface area contributed by atoms with Crippen LogP contribution in [0, 0.1) is 12.8 Å². The van der Waals surface area contributed by atoms with E-state index in [2.05, 4.69) is 10.8 Å². The van der Waals surface area contributed by atoms with Crippen LogP contribution in [0.25, 0.3) is 0 Å². The molecule has 0 aliphatic rings. The fourth-order valence-electron chi connectivity index (χ4n) is 1.18. The first-order valence-electron chi connectivity index (χ1n) is 5.79. The third-order valence-electron chi connectivity index (χ3n) is 2.09. The highest BCUT2D eigenvalue weighted by Gasteiger charge is 2.02. The van der Waals surface area contributed by atoms with E-state index in [1.54, 1.807) is 0 Å². The molecule has 4 nitrogen and oxygen atoms in total. The van der Waals surface area contributed by atoms with Crippen LogP contribution in [0.4, 0.5) is 5.69 Å². The second kappa shape index (κ2) is 7.04. The van der Waals surface area contributed by atoms with E-state index in [0.29, 0.717) is 12.5 Å². The van der Waals surface area contributed by atoms with Gasteiger partial charge in [-0.3, -0.25) is 4.79 Å². The minimum absolute atomic E-state index is 0.113. The highest BCUT2D eigenvalue weighted by atomic mass is 16.6. The molecule has 4 heteroatoms. The lowest BCUT2D eigenvalue weighted by atomic mass is 10.2. The van der Waals surface area contributed by atoms with Gasteiger partial charge < -0.3 is 10.2 Å². The molecule has 0 fully saturated rings. The molecule has 17 heavy (non-hydrogen) atoms. The first kappa shape index (κ1) is 13.7. The predicted molar refractivity (Wildman–Crippen MR) is 68.6 cm³/mol. The molecule has 1 rings (SSSR count). The number of hydrogen-bond donors (Lipinski definition) is 2. The van der Waals surface area contributed by atoms with Gasteiger partial charge in [0, 0.05) is 5.69 Å².